The number of benzene rings is 2. The van der Waals surface area contributed by atoms with E-state index in [1.807, 2.05) is 30.3 Å². The number of anilines is 1. The lowest BCUT2D eigenvalue weighted by Crippen LogP contribution is -2.44. The van der Waals surface area contributed by atoms with Crippen LogP contribution in [0.3, 0.4) is 0 Å². The summed E-state index contributed by atoms with van der Waals surface area (Å²) in [5, 5.41) is 2.85. The van der Waals surface area contributed by atoms with Gasteiger partial charge in [-0.25, -0.2) is 13.1 Å². The zero-order valence-electron chi connectivity index (χ0n) is 19.0. The monoisotopic (exact) mass is 473 g/mol. The van der Waals surface area contributed by atoms with Crippen molar-refractivity contribution in [2.45, 2.75) is 37.1 Å². The van der Waals surface area contributed by atoms with Gasteiger partial charge in [-0.1, -0.05) is 30.3 Å². The molecule has 9 heteroatoms. The van der Waals surface area contributed by atoms with Crippen LogP contribution >= 0.6 is 0 Å². The molecule has 2 amide bonds. The Kier molecular flexibility index (Phi) is 8.60. The first-order valence-electron chi connectivity index (χ1n) is 11.0. The van der Waals surface area contributed by atoms with Crippen LogP contribution in [0.5, 0.6) is 0 Å². The van der Waals surface area contributed by atoms with Crippen LogP contribution in [0.2, 0.25) is 0 Å². The average molecular weight is 474 g/mol. The smallest absolute Gasteiger partial charge is 0.240 e. The fourth-order valence-corrected chi connectivity index (χ4v) is 5.11. The number of ether oxygens (including phenoxy) is 1. The van der Waals surface area contributed by atoms with Crippen molar-refractivity contribution in [1.29, 1.82) is 0 Å². The van der Waals surface area contributed by atoms with Crippen molar-refractivity contribution < 1.29 is 22.7 Å². The summed E-state index contributed by atoms with van der Waals surface area (Å²) in [4.78, 5) is 27.3. The van der Waals surface area contributed by atoms with Crippen molar-refractivity contribution in [3.63, 3.8) is 0 Å². The summed E-state index contributed by atoms with van der Waals surface area (Å²) in [6.07, 6.45) is 1.79. The van der Waals surface area contributed by atoms with E-state index in [9.17, 15) is 18.0 Å². The van der Waals surface area contributed by atoms with Gasteiger partial charge >= 0.3 is 0 Å². The molecule has 2 atom stereocenters. The molecule has 0 bridgehead atoms. The third-order valence-electron chi connectivity index (χ3n) is 5.55. The van der Waals surface area contributed by atoms with Gasteiger partial charge in [0.15, 0.2) is 0 Å². The van der Waals surface area contributed by atoms with Crippen LogP contribution in [0.1, 0.15) is 25.3 Å². The van der Waals surface area contributed by atoms with Gasteiger partial charge in [-0.2, -0.15) is 0 Å². The Hall–Kier alpha value is -2.75. The predicted molar refractivity (Wildman–Crippen MR) is 126 cm³/mol. The first-order valence-corrected chi connectivity index (χ1v) is 12.5. The highest BCUT2D eigenvalue weighted by atomic mass is 32.2. The minimum atomic E-state index is -3.68. The largest absolute Gasteiger partial charge is 0.383 e. The van der Waals surface area contributed by atoms with E-state index in [0.717, 1.165) is 12.0 Å². The topological polar surface area (TPSA) is 105 Å². The third kappa shape index (κ3) is 7.12. The van der Waals surface area contributed by atoms with Gasteiger partial charge in [0, 0.05) is 31.9 Å². The van der Waals surface area contributed by atoms with Crippen molar-refractivity contribution in [2.24, 2.45) is 5.92 Å². The molecule has 1 heterocycles. The van der Waals surface area contributed by atoms with Gasteiger partial charge < -0.3 is 15.0 Å². The molecule has 0 saturated carbocycles. The Balaban J connectivity index is 1.56. The maximum absolute atomic E-state index is 12.8. The lowest BCUT2D eigenvalue weighted by atomic mass is 9.96. The van der Waals surface area contributed by atoms with Gasteiger partial charge in [-0.3, -0.25) is 9.59 Å². The number of hydrogen-bond acceptors (Lipinski definition) is 5. The highest BCUT2D eigenvalue weighted by molar-refractivity contribution is 7.89. The van der Waals surface area contributed by atoms with Crippen molar-refractivity contribution in [1.82, 2.24) is 9.62 Å². The lowest BCUT2D eigenvalue weighted by molar-refractivity contribution is -0.133. The molecule has 0 aromatic heterocycles. The van der Waals surface area contributed by atoms with E-state index in [1.165, 1.54) is 19.2 Å². The molecular formula is C24H31N3O5S. The number of amides is 2. The molecule has 2 aromatic rings. The van der Waals surface area contributed by atoms with Crippen LogP contribution in [0.25, 0.3) is 0 Å². The van der Waals surface area contributed by atoms with Crippen molar-refractivity contribution in [2.75, 3.05) is 32.1 Å². The molecule has 33 heavy (non-hydrogen) atoms. The maximum Gasteiger partial charge on any atom is 0.240 e. The van der Waals surface area contributed by atoms with Crippen LogP contribution in [0.15, 0.2) is 59.5 Å². The fourth-order valence-electron chi connectivity index (χ4n) is 3.88. The first-order chi connectivity index (χ1) is 15.8. The molecule has 2 unspecified atom stereocenters. The number of piperidine rings is 1. The van der Waals surface area contributed by atoms with E-state index in [-0.39, 0.29) is 35.3 Å². The lowest BCUT2D eigenvalue weighted by Gasteiger charge is -2.32. The zero-order chi connectivity index (χ0) is 23.8. The molecular weight excluding hydrogens is 442 g/mol. The van der Waals surface area contributed by atoms with E-state index in [4.69, 9.17) is 4.74 Å². The number of carbonyl (C=O) groups excluding carboxylic acids is 2. The molecule has 3 rings (SSSR count). The van der Waals surface area contributed by atoms with Crippen molar-refractivity contribution in [3.05, 3.63) is 60.2 Å². The normalized spacial score (nSPS) is 17.4. The van der Waals surface area contributed by atoms with E-state index >= 15 is 0 Å². The van der Waals surface area contributed by atoms with E-state index in [1.54, 1.807) is 24.0 Å². The predicted octanol–water partition coefficient (Wildman–Crippen LogP) is 2.42. The second-order valence-electron chi connectivity index (χ2n) is 8.33. The maximum atomic E-state index is 12.8. The summed E-state index contributed by atoms with van der Waals surface area (Å²) < 4.78 is 32.4. The molecule has 1 saturated heterocycles. The highest BCUT2D eigenvalue weighted by Crippen LogP contribution is 2.21. The summed E-state index contributed by atoms with van der Waals surface area (Å²) in [5.41, 5.74) is 1.46. The van der Waals surface area contributed by atoms with Crippen LogP contribution in [0.4, 0.5) is 5.69 Å². The van der Waals surface area contributed by atoms with Crippen LogP contribution in [0, 0.1) is 5.92 Å². The molecule has 1 fully saturated rings. The fraction of sp³-hybridized carbons (Fsp3) is 0.417. The number of methoxy groups -OCH3 is 1. The summed E-state index contributed by atoms with van der Waals surface area (Å²) in [6.45, 7) is 3.01. The second kappa shape index (κ2) is 11.4. The standard InChI is InChI=1S/C24H31N3O5S/c1-18(17-32-2)26-33(30,31)22-12-10-21(11-13-22)25-24(29)20-9-6-14-27(16-20)23(28)15-19-7-4-3-5-8-19/h3-5,7-8,10-13,18,20,26H,6,9,14-17H2,1-2H3,(H,25,29). The van der Waals surface area contributed by atoms with Crippen molar-refractivity contribution >= 4 is 27.5 Å². The minimum absolute atomic E-state index is 0.0171. The highest BCUT2D eigenvalue weighted by Gasteiger charge is 2.28. The molecule has 0 spiro atoms. The Bertz CT molecular complexity index is 1040. The number of likely N-dealkylation sites (tertiary alicyclic amines) is 1. The Morgan fingerprint density at radius 2 is 1.82 bits per heavy atom. The molecule has 1 aliphatic heterocycles. The number of nitrogens with one attached hydrogen (secondary N) is 2. The molecule has 2 N–H and O–H groups in total. The molecule has 8 nitrogen and oxygen atoms in total. The summed E-state index contributed by atoms with van der Waals surface area (Å²) in [7, 11) is -2.17. The van der Waals surface area contributed by atoms with Gasteiger partial charge in [-0.15, -0.1) is 0 Å². The Morgan fingerprint density at radius 1 is 1.12 bits per heavy atom. The van der Waals surface area contributed by atoms with E-state index in [0.29, 0.717) is 31.6 Å². The Morgan fingerprint density at radius 3 is 2.48 bits per heavy atom. The second-order valence-corrected chi connectivity index (χ2v) is 10.0. The van der Waals surface area contributed by atoms with Crippen LogP contribution < -0.4 is 10.0 Å². The van der Waals surface area contributed by atoms with Crippen LogP contribution in [-0.4, -0.2) is 58.0 Å². The average Bonchev–Trinajstić information content (AvgIpc) is 2.80. The SMILES string of the molecule is COCC(C)NS(=O)(=O)c1ccc(NC(=O)C2CCCN(C(=O)Cc3ccccc3)C2)cc1. The molecule has 1 aliphatic rings. The zero-order valence-corrected chi connectivity index (χ0v) is 19.8. The van der Waals surface area contributed by atoms with Gasteiger partial charge in [0.05, 0.1) is 23.8 Å². The summed E-state index contributed by atoms with van der Waals surface area (Å²) >= 11 is 0. The molecule has 0 radical (unpaired) electrons. The molecule has 178 valence electrons. The number of rotatable bonds is 9. The van der Waals surface area contributed by atoms with Crippen LogP contribution in [-0.2, 0) is 30.8 Å². The summed E-state index contributed by atoms with van der Waals surface area (Å²) in [5.74, 6) is -0.462. The first kappa shape index (κ1) is 24.9. The number of sulfonamides is 1. The minimum Gasteiger partial charge on any atom is -0.383 e. The van der Waals surface area contributed by atoms with Gasteiger partial charge in [0.2, 0.25) is 21.8 Å². The third-order valence-corrected chi connectivity index (χ3v) is 7.15. The van der Waals surface area contributed by atoms with E-state index < -0.39 is 10.0 Å². The number of hydrogen-bond donors (Lipinski definition) is 2. The Labute approximate surface area is 195 Å². The van der Waals surface area contributed by atoms with Gasteiger partial charge in [0.25, 0.3) is 0 Å². The van der Waals surface area contributed by atoms with Gasteiger partial charge in [-0.05, 0) is 49.6 Å². The number of carbonyl (C=O) groups is 2. The van der Waals surface area contributed by atoms with E-state index in [2.05, 4.69) is 10.0 Å². The molecule has 0 aliphatic carbocycles. The quantitative estimate of drug-likeness (QED) is 0.582. The van der Waals surface area contributed by atoms with Crippen molar-refractivity contribution in [3.8, 4) is 0 Å². The van der Waals surface area contributed by atoms with Gasteiger partial charge in [0.1, 0.15) is 0 Å². The molecule has 2 aromatic carbocycles. The summed E-state index contributed by atoms with van der Waals surface area (Å²) in [6, 6.07) is 15.2. The number of nitrogens with zero attached hydrogens (tertiary/aromatic N) is 1.